The van der Waals surface area contributed by atoms with Gasteiger partial charge in [0.2, 0.25) is 0 Å². The number of hydrogen-bond acceptors (Lipinski definition) is 3. The van der Waals surface area contributed by atoms with Crippen LogP contribution in [0.25, 0.3) is 0 Å². The third kappa shape index (κ3) is 4.90. The van der Waals surface area contributed by atoms with Crippen molar-refractivity contribution in [2.45, 2.75) is 58.3 Å². The summed E-state index contributed by atoms with van der Waals surface area (Å²) < 4.78 is 32.5. The Morgan fingerprint density at radius 3 is 2.42 bits per heavy atom. The molecule has 4 nitrogen and oxygen atoms in total. The highest BCUT2D eigenvalue weighted by Gasteiger charge is 2.40. The zero-order valence-corrected chi connectivity index (χ0v) is 14.7. The number of amides is 1. The van der Waals surface area contributed by atoms with E-state index in [9.17, 15) is 13.6 Å². The van der Waals surface area contributed by atoms with Gasteiger partial charge in [-0.3, -0.25) is 4.90 Å². The van der Waals surface area contributed by atoms with Gasteiger partial charge in [-0.1, -0.05) is 30.3 Å². The van der Waals surface area contributed by atoms with Crippen molar-refractivity contribution < 1.29 is 18.3 Å². The van der Waals surface area contributed by atoms with Gasteiger partial charge in [-0.05, 0) is 33.3 Å². The number of rotatable bonds is 3. The highest BCUT2D eigenvalue weighted by atomic mass is 19.3. The number of halogens is 2. The zero-order valence-electron chi connectivity index (χ0n) is 14.7. The smallest absolute Gasteiger partial charge is 0.410 e. The molecule has 0 N–H and O–H groups in total. The molecule has 24 heavy (non-hydrogen) atoms. The molecule has 134 valence electrons. The van der Waals surface area contributed by atoms with E-state index >= 15 is 0 Å². The van der Waals surface area contributed by atoms with Crippen LogP contribution in [0.1, 0.15) is 33.3 Å². The third-order valence-electron chi connectivity index (χ3n) is 4.03. The molecule has 1 aliphatic heterocycles. The number of carbonyl (C=O) groups excluding carboxylic acids is 1. The molecule has 1 heterocycles. The molecule has 1 saturated heterocycles. The number of hydrogen-bond donors (Lipinski definition) is 0. The maximum absolute atomic E-state index is 13.6. The molecule has 1 amide bonds. The Labute approximate surface area is 142 Å². The molecule has 1 aromatic carbocycles. The van der Waals surface area contributed by atoms with E-state index in [0.717, 1.165) is 5.56 Å². The summed E-state index contributed by atoms with van der Waals surface area (Å²) in [6.07, 6.45) is -3.05. The highest BCUT2D eigenvalue weighted by Crippen LogP contribution is 2.24. The molecule has 0 radical (unpaired) electrons. The largest absolute Gasteiger partial charge is 0.444 e. The first-order chi connectivity index (χ1) is 11.2. The van der Waals surface area contributed by atoms with Crippen LogP contribution < -0.4 is 0 Å². The van der Waals surface area contributed by atoms with Gasteiger partial charge in [0.1, 0.15) is 5.60 Å². The molecule has 2 unspecified atom stereocenters. The van der Waals surface area contributed by atoms with Gasteiger partial charge in [0.25, 0.3) is 6.43 Å². The van der Waals surface area contributed by atoms with Gasteiger partial charge in [0, 0.05) is 25.7 Å². The van der Waals surface area contributed by atoms with Gasteiger partial charge in [-0.15, -0.1) is 0 Å². The molecule has 0 spiro atoms. The number of benzene rings is 1. The first kappa shape index (κ1) is 18.6. The van der Waals surface area contributed by atoms with E-state index in [4.69, 9.17) is 4.74 Å². The zero-order chi connectivity index (χ0) is 17.9. The van der Waals surface area contributed by atoms with Crippen molar-refractivity contribution in [2.75, 3.05) is 13.1 Å². The molecular formula is C18H26F2N2O2. The molecule has 1 aromatic rings. The molecule has 0 aliphatic carbocycles. The van der Waals surface area contributed by atoms with Crippen LogP contribution in [-0.2, 0) is 11.3 Å². The summed E-state index contributed by atoms with van der Waals surface area (Å²) in [6, 6.07) is 8.37. The van der Waals surface area contributed by atoms with Crippen LogP contribution in [0.15, 0.2) is 30.3 Å². The molecular weight excluding hydrogens is 314 g/mol. The lowest BCUT2D eigenvalue weighted by molar-refractivity contribution is -0.0545. The second-order valence-corrected chi connectivity index (χ2v) is 7.30. The van der Waals surface area contributed by atoms with Gasteiger partial charge < -0.3 is 9.64 Å². The van der Waals surface area contributed by atoms with Crippen LogP contribution in [-0.4, -0.2) is 53.1 Å². The van der Waals surface area contributed by atoms with Crippen molar-refractivity contribution in [3.05, 3.63) is 35.9 Å². The minimum Gasteiger partial charge on any atom is -0.444 e. The van der Waals surface area contributed by atoms with Gasteiger partial charge in [-0.25, -0.2) is 13.6 Å². The molecule has 2 rings (SSSR count). The van der Waals surface area contributed by atoms with Gasteiger partial charge in [0.15, 0.2) is 0 Å². The van der Waals surface area contributed by atoms with Crippen LogP contribution in [0.2, 0.25) is 0 Å². The molecule has 0 saturated carbocycles. The maximum atomic E-state index is 13.6. The van der Waals surface area contributed by atoms with Crippen molar-refractivity contribution in [3.8, 4) is 0 Å². The van der Waals surface area contributed by atoms with E-state index in [1.165, 1.54) is 4.90 Å². The normalized spacial score (nSPS) is 22.7. The van der Waals surface area contributed by atoms with E-state index in [1.807, 2.05) is 37.3 Å². The highest BCUT2D eigenvalue weighted by molar-refractivity contribution is 5.68. The van der Waals surface area contributed by atoms with E-state index in [1.54, 1.807) is 25.7 Å². The standard InChI is InChI=1S/C18H26F2N2O2/c1-13-10-21(11-14-8-6-5-7-9-14)15(16(19)20)12-22(13)17(23)24-18(2,3)4/h5-9,13,15-16H,10-12H2,1-4H3. The molecule has 0 bridgehead atoms. The lowest BCUT2D eigenvalue weighted by Crippen LogP contribution is -2.61. The topological polar surface area (TPSA) is 32.8 Å². The summed E-state index contributed by atoms with van der Waals surface area (Å²) in [5.41, 5.74) is 0.347. The summed E-state index contributed by atoms with van der Waals surface area (Å²) in [4.78, 5) is 15.5. The van der Waals surface area contributed by atoms with E-state index in [2.05, 4.69) is 0 Å². The Bertz CT molecular complexity index is 546. The summed E-state index contributed by atoms with van der Waals surface area (Å²) in [5.74, 6) is 0. The first-order valence-electron chi connectivity index (χ1n) is 8.23. The Hall–Kier alpha value is -1.69. The van der Waals surface area contributed by atoms with Crippen molar-refractivity contribution in [3.63, 3.8) is 0 Å². The van der Waals surface area contributed by atoms with Crippen molar-refractivity contribution in [1.82, 2.24) is 9.80 Å². The minimum atomic E-state index is -2.52. The van der Waals surface area contributed by atoms with Gasteiger partial charge >= 0.3 is 6.09 Å². The van der Waals surface area contributed by atoms with Crippen LogP contribution in [0.4, 0.5) is 13.6 Å². The van der Waals surface area contributed by atoms with Crippen molar-refractivity contribution in [2.24, 2.45) is 0 Å². The van der Waals surface area contributed by atoms with Gasteiger partial charge in [0.05, 0.1) is 6.04 Å². The van der Waals surface area contributed by atoms with E-state index in [-0.39, 0.29) is 12.6 Å². The number of carbonyl (C=O) groups is 1. The Morgan fingerprint density at radius 2 is 1.88 bits per heavy atom. The average Bonchev–Trinajstić information content (AvgIpc) is 2.46. The average molecular weight is 340 g/mol. The number of piperazine rings is 1. The van der Waals surface area contributed by atoms with E-state index < -0.39 is 24.2 Å². The van der Waals surface area contributed by atoms with Gasteiger partial charge in [-0.2, -0.15) is 0 Å². The lowest BCUT2D eigenvalue weighted by atomic mass is 10.1. The fourth-order valence-electron chi connectivity index (χ4n) is 2.88. The predicted molar refractivity (Wildman–Crippen MR) is 89.0 cm³/mol. The third-order valence-corrected chi connectivity index (χ3v) is 4.03. The number of nitrogens with zero attached hydrogens (tertiary/aromatic N) is 2. The lowest BCUT2D eigenvalue weighted by Gasteiger charge is -2.45. The second kappa shape index (κ2) is 7.47. The molecule has 2 atom stereocenters. The Morgan fingerprint density at radius 1 is 1.25 bits per heavy atom. The second-order valence-electron chi connectivity index (χ2n) is 7.30. The van der Waals surface area contributed by atoms with Crippen molar-refractivity contribution in [1.29, 1.82) is 0 Å². The monoisotopic (exact) mass is 340 g/mol. The van der Waals surface area contributed by atoms with E-state index in [0.29, 0.717) is 13.1 Å². The summed E-state index contributed by atoms with van der Waals surface area (Å²) in [7, 11) is 0. The Balaban J connectivity index is 2.10. The molecule has 0 aromatic heterocycles. The van der Waals surface area contributed by atoms with Crippen LogP contribution in [0, 0.1) is 0 Å². The Kier molecular flexibility index (Phi) is 5.80. The SMILES string of the molecule is CC1CN(Cc2ccccc2)C(C(F)F)CN1C(=O)OC(C)(C)C. The van der Waals surface area contributed by atoms with Crippen LogP contribution in [0.3, 0.4) is 0 Å². The molecule has 1 fully saturated rings. The predicted octanol–water partition coefficient (Wildman–Crippen LogP) is 3.76. The quantitative estimate of drug-likeness (QED) is 0.840. The molecule has 1 aliphatic rings. The fourth-order valence-corrected chi connectivity index (χ4v) is 2.88. The summed E-state index contributed by atoms with van der Waals surface area (Å²) in [5, 5.41) is 0. The fraction of sp³-hybridized carbons (Fsp3) is 0.611. The van der Waals surface area contributed by atoms with Crippen LogP contribution >= 0.6 is 0 Å². The maximum Gasteiger partial charge on any atom is 0.410 e. The van der Waals surface area contributed by atoms with Crippen molar-refractivity contribution >= 4 is 6.09 Å². The van der Waals surface area contributed by atoms with Crippen LogP contribution in [0.5, 0.6) is 0 Å². The minimum absolute atomic E-state index is 0.0272. The number of alkyl halides is 2. The molecule has 6 heteroatoms. The summed E-state index contributed by atoms with van der Waals surface area (Å²) >= 11 is 0. The summed E-state index contributed by atoms with van der Waals surface area (Å²) in [6.45, 7) is 7.99. The first-order valence-corrected chi connectivity index (χ1v) is 8.23. The number of ether oxygens (including phenoxy) is 1.